The van der Waals surface area contributed by atoms with Gasteiger partial charge in [0.15, 0.2) is 0 Å². The molecule has 70 valence electrons. The average Bonchev–Trinajstić information content (AvgIpc) is 2.04. The van der Waals surface area contributed by atoms with Crippen LogP contribution in [-0.2, 0) is 4.79 Å². The zero-order valence-corrected chi connectivity index (χ0v) is 9.16. The highest BCUT2D eigenvalue weighted by Crippen LogP contribution is 2.17. The topological polar surface area (TPSA) is 40.5 Å². The number of carboxylic acids is 1. The van der Waals surface area contributed by atoms with Gasteiger partial charge >= 0.3 is 5.97 Å². The zero-order valence-electron chi connectivity index (χ0n) is 7.00. The van der Waals surface area contributed by atoms with Crippen LogP contribution in [0.2, 0.25) is 0 Å². The first-order chi connectivity index (χ1) is 5.74. The summed E-state index contributed by atoms with van der Waals surface area (Å²) in [5, 5.41) is 8.63. The molecule has 1 aliphatic rings. The van der Waals surface area contributed by atoms with Gasteiger partial charge in [0.2, 0.25) is 0 Å². The van der Waals surface area contributed by atoms with Crippen LogP contribution in [-0.4, -0.2) is 39.5 Å². The molecule has 1 rings (SSSR count). The normalized spacial score (nSPS) is 25.6. The van der Waals surface area contributed by atoms with Gasteiger partial charge in [-0.05, 0) is 19.4 Å². The molecule has 1 aliphatic heterocycles. The van der Waals surface area contributed by atoms with Crippen LogP contribution in [0.25, 0.3) is 0 Å². The first-order valence-corrected chi connectivity index (χ1v) is 5.78. The van der Waals surface area contributed by atoms with E-state index >= 15 is 0 Å². The Labute approximate surface area is 86.3 Å². The predicted molar refractivity (Wildman–Crippen MR) is 55.7 cm³/mol. The average molecular weight is 283 g/mol. The van der Waals surface area contributed by atoms with E-state index in [2.05, 4.69) is 27.5 Å². The van der Waals surface area contributed by atoms with Crippen LogP contribution < -0.4 is 0 Å². The molecule has 0 aromatic rings. The predicted octanol–water partition coefficient (Wildman–Crippen LogP) is 1.36. The van der Waals surface area contributed by atoms with Crippen molar-refractivity contribution in [1.82, 2.24) is 4.90 Å². The van der Waals surface area contributed by atoms with Crippen molar-refractivity contribution in [3.05, 3.63) is 0 Å². The van der Waals surface area contributed by atoms with Crippen molar-refractivity contribution in [3.63, 3.8) is 0 Å². The molecule has 0 aromatic carbocycles. The molecule has 0 aromatic heterocycles. The van der Waals surface area contributed by atoms with E-state index in [1.807, 2.05) is 0 Å². The molecular weight excluding hydrogens is 269 g/mol. The van der Waals surface area contributed by atoms with Crippen LogP contribution in [0.5, 0.6) is 0 Å². The molecule has 4 heteroatoms. The van der Waals surface area contributed by atoms with E-state index < -0.39 is 5.97 Å². The highest BCUT2D eigenvalue weighted by Gasteiger charge is 2.22. The lowest BCUT2D eigenvalue weighted by Gasteiger charge is -2.33. The second-order valence-corrected chi connectivity index (χ2v) is 4.05. The number of carbonyl (C=O) groups is 1. The summed E-state index contributed by atoms with van der Waals surface area (Å²) in [6.45, 7) is 1.17. The Morgan fingerprint density at radius 1 is 1.58 bits per heavy atom. The lowest BCUT2D eigenvalue weighted by molar-refractivity contribution is -0.139. The van der Waals surface area contributed by atoms with E-state index in [4.69, 9.17) is 5.11 Å². The van der Waals surface area contributed by atoms with Crippen molar-refractivity contribution in [2.24, 2.45) is 0 Å². The van der Waals surface area contributed by atoms with Crippen LogP contribution in [0.4, 0.5) is 0 Å². The molecule has 1 atom stereocenters. The van der Waals surface area contributed by atoms with Gasteiger partial charge in [-0.15, -0.1) is 0 Å². The van der Waals surface area contributed by atoms with Crippen molar-refractivity contribution in [1.29, 1.82) is 0 Å². The van der Waals surface area contributed by atoms with Crippen molar-refractivity contribution in [3.8, 4) is 0 Å². The molecule has 0 bridgehead atoms. The van der Waals surface area contributed by atoms with Crippen LogP contribution >= 0.6 is 22.6 Å². The molecule has 0 spiro atoms. The summed E-state index contributed by atoms with van der Waals surface area (Å²) in [5.41, 5.74) is 0. The number of nitrogens with zero attached hydrogens (tertiary/aromatic N) is 1. The maximum absolute atomic E-state index is 10.5. The van der Waals surface area contributed by atoms with Crippen LogP contribution in [0.15, 0.2) is 0 Å². The number of hydrogen-bond donors (Lipinski definition) is 1. The fraction of sp³-hybridized carbons (Fsp3) is 0.875. The van der Waals surface area contributed by atoms with E-state index in [0.717, 1.165) is 23.8 Å². The smallest absolute Gasteiger partial charge is 0.317 e. The fourth-order valence-electron chi connectivity index (χ4n) is 1.62. The number of hydrogen-bond acceptors (Lipinski definition) is 2. The van der Waals surface area contributed by atoms with Crippen molar-refractivity contribution < 1.29 is 9.90 Å². The molecule has 0 amide bonds. The Kier molecular flexibility index (Phi) is 4.28. The largest absolute Gasteiger partial charge is 0.480 e. The van der Waals surface area contributed by atoms with Crippen molar-refractivity contribution in [2.45, 2.75) is 25.3 Å². The molecule has 1 heterocycles. The van der Waals surface area contributed by atoms with Gasteiger partial charge in [-0.3, -0.25) is 9.69 Å². The lowest BCUT2D eigenvalue weighted by Crippen LogP contribution is -2.43. The van der Waals surface area contributed by atoms with Gasteiger partial charge in [0.1, 0.15) is 0 Å². The summed E-state index contributed by atoms with van der Waals surface area (Å²) in [5.74, 6) is -0.702. The number of halogens is 1. The maximum Gasteiger partial charge on any atom is 0.317 e. The number of piperidine rings is 1. The van der Waals surface area contributed by atoms with E-state index in [-0.39, 0.29) is 6.54 Å². The summed E-state index contributed by atoms with van der Waals surface area (Å²) < 4.78 is 1.05. The van der Waals surface area contributed by atoms with E-state index in [0.29, 0.717) is 6.04 Å². The van der Waals surface area contributed by atoms with Crippen LogP contribution in [0.1, 0.15) is 19.3 Å². The Morgan fingerprint density at radius 2 is 2.33 bits per heavy atom. The van der Waals surface area contributed by atoms with Gasteiger partial charge < -0.3 is 5.11 Å². The molecule has 1 N–H and O–H groups in total. The van der Waals surface area contributed by atoms with Crippen molar-refractivity contribution >= 4 is 28.6 Å². The van der Waals surface area contributed by atoms with E-state index in [1.54, 1.807) is 0 Å². The molecule has 0 aliphatic carbocycles. The minimum absolute atomic E-state index is 0.216. The quantitative estimate of drug-likeness (QED) is 0.628. The second kappa shape index (κ2) is 5.01. The SMILES string of the molecule is O=C(O)CN1CCCC[C@@H]1CI. The number of carboxylic acid groups (broad SMARTS) is 1. The minimum Gasteiger partial charge on any atom is -0.480 e. The summed E-state index contributed by atoms with van der Waals surface area (Å²) in [4.78, 5) is 12.6. The molecular formula is C8H14INO2. The van der Waals surface area contributed by atoms with Gasteiger partial charge in [0, 0.05) is 10.5 Å². The molecule has 12 heavy (non-hydrogen) atoms. The summed E-state index contributed by atoms with van der Waals surface area (Å²) in [7, 11) is 0. The van der Waals surface area contributed by atoms with Crippen molar-refractivity contribution in [2.75, 3.05) is 17.5 Å². The molecule has 1 saturated heterocycles. The third-order valence-electron chi connectivity index (χ3n) is 2.27. The van der Waals surface area contributed by atoms with Crippen LogP contribution in [0.3, 0.4) is 0 Å². The molecule has 0 unspecified atom stereocenters. The first kappa shape index (κ1) is 10.2. The Balaban J connectivity index is 2.41. The monoisotopic (exact) mass is 283 g/mol. The number of aliphatic carboxylic acids is 1. The highest BCUT2D eigenvalue weighted by molar-refractivity contribution is 14.1. The number of likely N-dealkylation sites (tertiary alicyclic amines) is 1. The number of rotatable bonds is 3. The van der Waals surface area contributed by atoms with Gasteiger partial charge in [-0.1, -0.05) is 29.0 Å². The fourth-order valence-corrected chi connectivity index (χ4v) is 2.61. The Hall–Kier alpha value is 0.160. The summed E-state index contributed by atoms with van der Waals surface area (Å²) in [6, 6.07) is 0.496. The van der Waals surface area contributed by atoms with Gasteiger partial charge in [0.05, 0.1) is 6.54 Å². The molecule has 1 fully saturated rings. The Morgan fingerprint density at radius 3 is 2.92 bits per heavy atom. The number of alkyl halides is 1. The van der Waals surface area contributed by atoms with Gasteiger partial charge in [-0.2, -0.15) is 0 Å². The van der Waals surface area contributed by atoms with Gasteiger partial charge in [-0.25, -0.2) is 0 Å². The molecule has 0 radical (unpaired) electrons. The van der Waals surface area contributed by atoms with Gasteiger partial charge in [0.25, 0.3) is 0 Å². The summed E-state index contributed by atoms with van der Waals surface area (Å²) >= 11 is 2.33. The second-order valence-electron chi connectivity index (χ2n) is 3.17. The maximum atomic E-state index is 10.5. The highest BCUT2D eigenvalue weighted by atomic mass is 127. The molecule has 0 saturated carbocycles. The molecule has 3 nitrogen and oxygen atoms in total. The zero-order chi connectivity index (χ0) is 8.97. The van der Waals surface area contributed by atoms with E-state index in [9.17, 15) is 4.79 Å². The minimum atomic E-state index is -0.702. The summed E-state index contributed by atoms with van der Waals surface area (Å²) in [6.07, 6.45) is 3.57. The van der Waals surface area contributed by atoms with E-state index in [1.165, 1.54) is 6.42 Å². The third-order valence-corrected chi connectivity index (χ3v) is 3.28. The standard InChI is InChI=1S/C8H14INO2/c9-5-7-3-1-2-4-10(7)6-8(11)12/h7H,1-6H2,(H,11,12)/t7-/m1/s1. The van der Waals surface area contributed by atoms with Crippen LogP contribution in [0, 0.1) is 0 Å². The first-order valence-electron chi connectivity index (χ1n) is 4.26. The lowest BCUT2D eigenvalue weighted by atomic mass is 10.0. The Bertz CT molecular complexity index is 163. The third kappa shape index (κ3) is 2.90.